The summed E-state index contributed by atoms with van der Waals surface area (Å²) in [5, 5.41) is 0. The highest BCUT2D eigenvalue weighted by molar-refractivity contribution is 5.30. The Labute approximate surface area is 84.4 Å². The molecule has 14 heavy (non-hydrogen) atoms. The van der Waals surface area contributed by atoms with Crippen LogP contribution in [0, 0.1) is 6.92 Å². The van der Waals surface area contributed by atoms with Gasteiger partial charge >= 0.3 is 0 Å². The first-order chi connectivity index (χ1) is 6.77. The molecule has 0 aromatic carbocycles. The van der Waals surface area contributed by atoms with Gasteiger partial charge in [0.1, 0.15) is 0 Å². The summed E-state index contributed by atoms with van der Waals surface area (Å²) in [6.07, 6.45) is 7.36. The van der Waals surface area contributed by atoms with E-state index in [1.54, 1.807) is 6.07 Å². The molecule has 1 N–H and O–H groups in total. The van der Waals surface area contributed by atoms with Crippen molar-refractivity contribution in [3.8, 4) is 0 Å². The van der Waals surface area contributed by atoms with Gasteiger partial charge in [0.2, 0.25) is 5.56 Å². The van der Waals surface area contributed by atoms with Crippen LogP contribution in [0.4, 0.5) is 0 Å². The second-order valence-electron chi connectivity index (χ2n) is 4.18. The summed E-state index contributed by atoms with van der Waals surface area (Å²) in [7, 11) is 0. The molecule has 0 spiro atoms. The van der Waals surface area contributed by atoms with Crippen LogP contribution in [0.3, 0.4) is 0 Å². The van der Waals surface area contributed by atoms with Crippen molar-refractivity contribution in [2.75, 3.05) is 0 Å². The molecule has 1 aliphatic carbocycles. The largest absolute Gasteiger partial charge is 0.326 e. The molecule has 1 aliphatic rings. The van der Waals surface area contributed by atoms with Crippen LogP contribution in [0.1, 0.15) is 42.5 Å². The van der Waals surface area contributed by atoms with Gasteiger partial charge in [0.25, 0.3) is 0 Å². The lowest BCUT2D eigenvalue weighted by Gasteiger charge is -2.15. The maximum absolute atomic E-state index is 11.3. The van der Waals surface area contributed by atoms with E-state index >= 15 is 0 Å². The number of fused-ring (bicyclic) bond motifs is 1. The van der Waals surface area contributed by atoms with Crippen molar-refractivity contribution >= 4 is 0 Å². The third kappa shape index (κ3) is 1.89. The monoisotopic (exact) mass is 191 g/mol. The molecule has 1 aromatic heterocycles. The first-order valence-electron chi connectivity index (χ1n) is 5.49. The molecule has 2 heteroatoms. The zero-order valence-electron chi connectivity index (χ0n) is 8.73. The van der Waals surface area contributed by atoms with Crippen molar-refractivity contribution in [2.45, 2.75) is 45.4 Å². The van der Waals surface area contributed by atoms with Crippen LogP contribution in [0.2, 0.25) is 0 Å². The Balaban J connectivity index is 2.44. The molecule has 0 bridgehead atoms. The van der Waals surface area contributed by atoms with Gasteiger partial charge in [-0.25, -0.2) is 0 Å². The Hall–Kier alpha value is -1.05. The van der Waals surface area contributed by atoms with Crippen LogP contribution in [0.15, 0.2) is 10.9 Å². The van der Waals surface area contributed by atoms with Gasteiger partial charge in [0.05, 0.1) is 0 Å². The smallest absolute Gasteiger partial charge is 0.248 e. The fourth-order valence-electron chi connectivity index (χ4n) is 2.32. The number of H-pyrrole nitrogens is 1. The molecule has 0 aliphatic heterocycles. The zero-order valence-corrected chi connectivity index (χ0v) is 8.73. The number of aryl methyl sites for hydroxylation is 2. The second kappa shape index (κ2) is 3.99. The number of rotatable bonds is 0. The molecule has 0 saturated heterocycles. The Morgan fingerprint density at radius 3 is 2.64 bits per heavy atom. The number of hydrogen-bond donors (Lipinski definition) is 1. The van der Waals surface area contributed by atoms with E-state index in [0.29, 0.717) is 0 Å². The van der Waals surface area contributed by atoms with Gasteiger partial charge in [-0.05, 0) is 43.7 Å². The van der Waals surface area contributed by atoms with Gasteiger partial charge in [0, 0.05) is 11.8 Å². The highest BCUT2D eigenvalue weighted by Gasteiger charge is 2.09. The van der Waals surface area contributed by atoms with Crippen LogP contribution in [-0.2, 0) is 12.8 Å². The fourth-order valence-corrected chi connectivity index (χ4v) is 2.32. The van der Waals surface area contributed by atoms with Crippen molar-refractivity contribution in [1.29, 1.82) is 0 Å². The van der Waals surface area contributed by atoms with E-state index in [4.69, 9.17) is 0 Å². The Morgan fingerprint density at radius 2 is 1.86 bits per heavy atom. The van der Waals surface area contributed by atoms with Crippen LogP contribution >= 0.6 is 0 Å². The maximum Gasteiger partial charge on any atom is 0.248 e. The first-order valence-corrected chi connectivity index (χ1v) is 5.49. The highest BCUT2D eigenvalue weighted by atomic mass is 16.1. The summed E-state index contributed by atoms with van der Waals surface area (Å²) in [6, 6.07) is 1.79. The molecule has 2 nitrogen and oxygen atoms in total. The maximum atomic E-state index is 11.3. The summed E-state index contributed by atoms with van der Waals surface area (Å²) < 4.78 is 0. The highest BCUT2D eigenvalue weighted by Crippen LogP contribution is 2.20. The molecule has 0 radical (unpaired) electrons. The van der Waals surface area contributed by atoms with Crippen molar-refractivity contribution in [3.05, 3.63) is 33.2 Å². The molecule has 0 atom stereocenters. The zero-order chi connectivity index (χ0) is 9.97. The van der Waals surface area contributed by atoms with E-state index in [1.807, 2.05) is 6.92 Å². The summed E-state index contributed by atoms with van der Waals surface area (Å²) in [6.45, 7) is 2.02. The SMILES string of the molecule is Cc1[nH]c(=O)cc2c1CCCCCC2. The van der Waals surface area contributed by atoms with Gasteiger partial charge in [-0.1, -0.05) is 12.8 Å². The molecule has 0 unspecified atom stereocenters. The average Bonchev–Trinajstić information content (AvgIpc) is 2.07. The van der Waals surface area contributed by atoms with Crippen molar-refractivity contribution in [1.82, 2.24) is 4.98 Å². The Kier molecular flexibility index (Phi) is 2.71. The van der Waals surface area contributed by atoms with E-state index in [2.05, 4.69) is 4.98 Å². The molecule has 0 fully saturated rings. The first kappa shape index (κ1) is 9.50. The van der Waals surface area contributed by atoms with E-state index < -0.39 is 0 Å². The molecule has 76 valence electrons. The number of hydrogen-bond acceptors (Lipinski definition) is 1. The average molecular weight is 191 g/mol. The van der Waals surface area contributed by atoms with Gasteiger partial charge in [0.15, 0.2) is 0 Å². The van der Waals surface area contributed by atoms with Crippen LogP contribution in [-0.4, -0.2) is 4.98 Å². The minimum absolute atomic E-state index is 0.0572. The number of nitrogens with one attached hydrogen (secondary N) is 1. The van der Waals surface area contributed by atoms with E-state index in [9.17, 15) is 4.79 Å². The molecular weight excluding hydrogens is 174 g/mol. The Bertz CT molecular complexity index is 378. The normalized spacial score (nSPS) is 16.9. The summed E-state index contributed by atoms with van der Waals surface area (Å²) in [5.74, 6) is 0. The summed E-state index contributed by atoms with van der Waals surface area (Å²) in [4.78, 5) is 14.2. The quantitative estimate of drug-likeness (QED) is 0.670. The minimum Gasteiger partial charge on any atom is -0.326 e. The predicted molar refractivity (Wildman–Crippen MR) is 57.7 cm³/mol. The predicted octanol–water partition coefficient (Wildman–Crippen LogP) is 2.34. The molecule has 1 heterocycles. The fraction of sp³-hybridized carbons (Fsp3) is 0.583. The van der Waals surface area contributed by atoms with Crippen LogP contribution in [0.5, 0.6) is 0 Å². The van der Waals surface area contributed by atoms with E-state index in [0.717, 1.165) is 18.5 Å². The lowest BCUT2D eigenvalue weighted by atomic mass is 9.93. The van der Waals surface area contributed by atoms with E-state index in [1.165, 1.54) is 36.8 Å². The topological polar surface area (TPSA) is 32.9 Å². The molecule has 2 rings (SSSR count). The summed E-state index contributed by atoms with van der Waals surface area (Å²) >= 11 is 0. The lowest BCUT2D eigenvalue weighted by molar-refractivity contribution is 0.612. The molecule has 1 aromatic rings. The Morgan fingerprint density at radius 1 is 1.14 bits per heavy atom. The molecular formula is C12H17NO. The minimum atomic E-state index is 0.0572. The standard InChI is InChI=1S/C12H17NO/c1-9-11-7-5-3-2-4-6-10(11)8-12(14)13-9/h8H,2-7H2,1H3,(H,13,14). The lowest BCUT2D eigenvalue weighted by Crippen LogP contribution is -2.13. The number of pyridine rings is 1. The molecule has 0 amide bonds. The number of aromatic amines is 1. The van der Waals surface area contributed by atoms with Crippen molar-refractivity contribution in [2.24, 2.45) is 0 Å². The van der Waals surface area contributed by atoms with Gasteiger partial charge < -0.3 is 4.98 Å². The molecule has 0 saturated carbocycles. The third-order valence-corrected chi connectivity index (χ3v) is 3.08. The van der Waals surface area contributed by atoms with Crippen LogP contribution < -0.4 is 5.56 Å². The van der Waals surface area contributed by atoms with Gasteiger partial charge in [-0.15, -0.1) is 0 Å². The van der Waals surface area contributed by atoms with Gasteiger partial charge in [-0.3, -0.25) is 4.79 Å². The van der Waals surface area contributed by atoms with Crippen molar-refractivity contribution in [3.63, 3.8) is 0 Å². The van der Waals surface area contributed by atoms with Gasteiger partial charge in [-0.2, -0.15) is 0 Å². The van der Waals surface area contributed by atoms with Crippen LogP contribution in [0.25, 0.3) is 0 Å². The summed E-state index contributed by atoms with van der Waals surface area (Å²) in [5.41, 5.74) is 3.81. The third-order valence-electron chi connectivity index (χ3n) is 3.08. The van der Waals surface area contributed by atoms with Crippen molar-refractivity contribution < 1.29 is 0 Å². The second-order valence-corrected chi connectivity index (χ2v) is 4.18. The van der Waals surface area contributed by atoms with E-state index in [-0.39, 0.29) is 5.56 Å². The number of aromatic nitrogens is 1.